The number of nitrogens with one attached hydrogen (secondary N) is 1. The highest BCUT2D eigenvalue weighted by molar-refractivity contribution is 7.90. The number of anilines is 1. The van der Waals surface area contributed by atoms with Crippen molar-refractivity contribution < 1.29 is 23.1 Å². The first-order valence-electron chi connectivity index (χ1n) is 8.39. The smallest absolute Gasteiger partial charge is 0.337 e. The summed E-state index contributed by atoms with van der Waals surface area (Å²) in [5.74, 6) is -0.729. The summed E-state index contributed by atoms with van der Waals surface area (Å²) >= 11 is 12.0. The first-order chi connectivity index (χ1) is 13.7. The van der Waals surface area contributed by atoms with Gasteiger partial charge in [-0.25, -0.2) is 27.7 Å². The molecule has 1 aliphatic heterocycles. The number of rotatable bonds is 4. The van der Waals surface area contributed by atoms with E-state index in [-0.39, 0.29) is 33.6 Å². The summed E-state index contributed by atoms with van der Waals surface area (Å²) in [6.45, 7) is 1.14. The molecular weight excluding hydrogens is 443 g/mol. The van der Waals surface area contributed by atoms with E-state index in [1.807, 2.05) is 4.72 Å². The highest BCUT2D eigenvalue weighted by Crippen LogP contribution is 2.25. The number of urea groups is 1. The summed E-state index contributed by atoms with van der Waals surface area (Å²) < 4.78 is 26.8. The van der Waals surface area contributed by atoms with Gasteiger partial charge >= 0.3 is 12.0 Å². The molecule has 2 amide bonds. The van der Waals surface area contributed by atoms with E-state index in [9.17, 15) is 18.0 Å². The predicted octanol–water partition coefficient (Wildman–Crippen LogP) is 2.31. The van der Waals surface area contributed by atoms with Crippen LogP contribution in [-0.2, 0) is 10.0 Å². The Morgan fingerprint density at radius 2 is 1.72 bits per heavy atom. The molecule has 1 aromatic carbocycles. The number of halogens is 2. The van der Waals surface area contributed by atoms with E-state index < -0.39 is 22.0 Å². The van der Waals surface area contributed by atoms with Gasteiger partial charge in [-0.3, -0.25) is 0 Å². The van der Waals surface area contributed by atoms with E-state index in [1.165, 1.54) is 35.4 Å². The Kier molecular flexibility index (Phi) is 6.15. The second-order valence-electron chi connectivity index (χ2n) is 6.15. The average molecular weight is 459 g/mol. The van der Waals surface area contributed by atoms with Crippen molar-refractivity contribution in [1.29, 1.82) is 0 Å². The zero-order valence-electron chi connectivity index (χ0n) is 14.9. The number of benzene rings is 1. The molecule has 0 bridgehead atoms. The van der Waals surface area contributed by atoms with Gasteiger partial charge in [0.15, 0.2) is 0 Å². The summed E-state index contributed by atoms with van der Waals surface area (Å²) in [6.07, 6.45) is 1.21. The van der Waals surface area contributed by atoms with Gasteiger partial charge < -0.3 is 14.9 Å². The van der Waals surface area contributed by atoms with Gasteiger partial charge in [0, 0.05) is 32.4 Å². The Balaban J connectivity index is 1.64. The van der Waals surface area contributed by atoms with E-state index in [0.717, 1.165) is 0 Å². The molecule has 1 saturated heterocycles. The van der Waals surface area contributed by atoms with Crippen LogP contribution in [0.5, 0.6) is 0 Å². The fourth-order valence-corrected chi connectivity index (χ4v) is 4.58. The van der Waals surface area contributed by atoms with E-state index in [4.69, 9.17) is 28.3 Å². The summed E-state index contributed by atoms with van der Waals surface area (Å²) in [5, 5.41) is 9.18. The molecule has 2 heterocycles. The summed E-state index contributed by atoms with van der Waals surface area (Å²) in [7, 11) is -4.10. The molecule has 1 aliphatic rings. The van der Waals surface area contributed by atoms with E-state index in [0.29, 0.717) is 18.9 Å². The molecule has 0 spiro atoms. The fraction of sp³-hybridized carbons (Fsp3) is 0.235. The first-order valence-corrected chi connectivity index (χ1v) is 10.6. The van der Waals surface area contributed by atoms with Crippen molar-refractivity contribution in [2.75, 3.05) is 31.1 Å². The van der Waals surface area contributed by atoms with Crippen LogP contribution in [0.2, 0.25) is 10.0 Å². The molecule has 0 radical (unpaired) electrons. The van der Waals surface area contributed by atoms with Crippen LogP contribution in [0.4, 0.5) is 10.6 Å². The number of carbonyl (C=O) groups is 2. The minimum atomic E-state index is -4.10. The fourth-order valence-electron chi connectivity index (χ4n) is 2.80. The van der Waals surface area contributed by atoms with E-state index >= 15 is 0 Å². The van der Waals surface area contributed by atoms with Crippen LogP contribution < -0.4 is 9.62 Å². The summed E-state index contributed by atoms with van der Waals surface area (Å²) in [4.78, 5) is 30.4. The lowest BCUT2D eigenvalue weighted by atomic mass is 10.2. The third-order valence-electron chi connectivity index (χ3n) is 4.28. The molecule has 0 unspecified atom stereocenters. The number of carbonyl (C=O) groups excluding carboxylic acids is 1. The molecule has 29 heavy (non-hydrogen) atoms. The lowest BCUT2D eigenvalue weighted by Gasteiger charge is -2.35. The number of hydrogen-bond donors (Lipinski definition) is 2. The van der Waals surface area contributed by atoms with Gasteiger partial charge in [0.2, 0.25) is 0 Å². The number of carboxylic acid groups (broad SMARTS) is 1. The number of nitrogens with zero attached hydrogens (tertiary/aromatic N) is 3. The third kappa shape index (κ3) is 4.72. The van der Waals surface area contributed by atoms with Gasteiger partial charge in [0.25, 0.3) is 10.0 Å². The second-order valence-corrected chi connectivity index (χ2v) is 8.61. The lowest BCUT2D eigenvalue weighted by molar-refractivity contribution is 0.0696. The number of amides is 2. The van der Waals surface area contributed by atoms with Gasteiger partial charge in [0.1, 0.15) is 10.7 Å². The molecule has 1 fully saturated rings. The number of pyridine rings is 1. The molecule has 0 aliphatic carbocycles. The van der Waals surface area contributed by atoms with Crippen LogP contribution in [0.1, 0.15) is 10.4 Å². The van der Waals surface area contributed by atoms with Crippen LogP contribution in [0.25, 0.3) is 0 Å². The Bertz CT molecular complexity index is 1060. The molecule has 2 N–H and O–H groups in total. The van der Waals surface area contributed by atoms with Gasteiger partial charge in [-0.2, -0.15) is 0 Å². The van der Waals surface area contributed by atoms with Crippen LogP contribution in [0.15, 0.2) is 41.4 Å². The monoisotopic (exact) mass is 458 g/mol. The Morgan fingerprint density at radius 1 is 1.07 bits per heavy atom. The van der Waals surface area contributed by atoms with Crippen LogP contribution in [-0.4, -0.2) is 61.6 Å². The van der Waals surface area contributed by atoms with Gasteiger partial charge in [-0.05, 0) is 18.2 Å². The molecule has 1 aromatic heterocycles. The van der Waals surface area contributed by atoms with E-state index in [1.54, 1.807) is 11.0 Å². The number of piperazine rings is 1. The van der Waals surface area contributed by atoms with E-state index in [2.05, 4.69) is 4.98 Å². The number of carboxylic acids is 1. The maximum atomic E-state index is 12.4. The second kappa shape index (κ2) is 8.44. The molecular formula is C17H16Cl2N4O5S. The number of hydrogen-bond acceptors (Lipinski definition) is 6. The topological polar surface area (TPSA) is 120 Å². The minimum Gasteiger partial charge on any atom is -0.478 e. The standard InChI is InChI=1S/C17H16Cl2N4O5S/c18-12-3-1-2-4-14(12)29(27,28)21-17(26)23-7-5-22(6-8-23)15-13(19)9-11(10-20-15)16(24)25/h1-4,9-10H,5-8H2,(H,21,26)(H,24,25). The quantitative estimate of drug-likeness (QED) is 0.720. The summed E-state index contributed by atoms with van der Waals surface area (Å²) in [5.41, 5.74) is -0.0263. The lowest BCUT2D eigenvalue weighted by Crippen LogP contribution is -2.53. The Hall–Kier alpha value is -2.56. The Morgan fingerprint density at radius 3 is 2.31 bits per heavy atom. The zero-order valence-corrected chi connectivity index (χ0v) is 17.2. The largest absolute Gasteiger partial charge is 0.478 e. The number of aromatic nitrogens is 1. The van der Waals surface area contributed by atoms with Crippen molar-refractivity contribution in [2.24, 2.45) is 0 Å². The Labute approximate surface area is 176 Å². The summed E-state index contributed by atoms with van der Waals surface area (Å²) in [6, 6.07) is 6.38. The molecule has 9 nitrogen and oxygen atoms in total. The van der Waals surface area contributed by atoms with Crippen LogP contribution >= 0.6 is 23.2 Å². The molecule has 154 valence electrons. The molecule has 12 heteroatoms. The van der Waals surface area contributed by atoms with Crippen molar-refractivity contribution in [2.45, 2.75) is 4.90 Å². The van der Waals surface area contributed by atoms with Crippen LogP contribution in [0.3, 0.4) is 0 Å². The van der Waals surface area contributed by atoms with Crippen molar-refractivity contribution in [3.8, 4) is 0 Å². The van der Waals surface area contributed by atoms with Crippen molar-refractivity contribution in [1.82, 2.24) is 14.6 Å². The highest BCUT2D eigenvalue weighted by Gasteiger charge is 2.27. The number of sulfonamides is 1. The van der Waals surface area contributed by atoms with Crippen LogP contribution in [0, 0.1) is 0 Å². The SMILES string of the molecule is O=C(O)c1cnc(N2CCN(C(=O)NS(=O)(=O)c3ccccc3Cl)CC2)c(Cl)c1. The molecule has 3 rings (SSSR count). The first kappa shape index (κ1) is 21.2. The normalized spacial score (nSPS) is 14.6. The minimum absolute atomic E-state index is 0.0168. The molecule has 0 saturated carbocycles. The van der Waals surface area contributed by atoms with Gasteiger partial charge in [0.05, 0.1) is 15.6 Å². The van der Waals surface area contributed by atoms with Crippen molar-refractivity contribution in [3.05, 3.63) is 52.1 Å². The highest BCUT2D eigenvalue weighted by atomic mass is 35.5. The zero-order chi connectivity index (χ0) is 21.2. The van der Waals surface area contributed by atoms with Gasteiger partial charge in [-0.15, -0.1) is 0 Å². The maximum absolute atomic E-state index is 12.4. The molecule has 0 atom stereocenters. The molecule has 2 aromatic rings. The average Bonchev–Trinajstić information content (AvgIpc) is 2.68. The third-order valence-corrected chi connectivity index (χ3v) is 6.38. The number of aromatic carboxylic acids is 1. The predicted molar refractivity (Wildman–Crippen MR) is 107 cm³/mol. The van der Waals surface area contributed by atoms with Crippen molar-refractivity contribution in [3.63, 3.8) is 0 Å². The maximum Gasteiger partial charge on any atom is 0.337 e. The van der Waals surface area contributed by atoms with Crippen molar-refractivity contribution >= 4 is 51.0 Å². The van der Waals surface area contributed by atoms with Gasteiger partial charge in [-0.1, -0.05) is 35.3 Å².